The Hall–Kier alpha value is -2.18. The number of likely N-dealkylation sites (N-methyl/N-ethyl adjacent to an activating group) is 1. The lowest BCUT2D eigenvalue weighted by Gasteiger charge is -2.04. The van der Waals surface area contributed by atoms with Crippen molar-refractivity contribution in [1.29, 1.82) is 0 Å². The molecule has 1 N–H and O–H groups in total. The monoisotopic (exact) mass is 334 g/mol. The molecule has 0 fully saturated rings. The maximum absolute atomic E-state index is 5.81. The van der Waals surface area contributed by atoms with Crippen LogP contribution in [0, 0.1) is 6.92 Å². The highest BCUT2D eigenvalue weighted by Crippen LogP contribution is 2.28. The molecule has 2 heterocycles. The normalized spacial score (nSPS) is 12.0. The van der Waals surface area contributed by atoms with Crippen molar-refractivity contribution < 1.29 is 8.94 Å². The molecule has 6 nitrogen and oxygen atoms in total. The molecule has 1 atom stereocenters. The minimum atomic E-state index is 0. The van der Waals surface area contributed by atoms with Gasteiger partial charge in [0.05, 0.1) is 5.69 Å². The Bertz CT molecular complexity index is 755. The molecule has 0 aliphatic rings. The summed E-state index contributed by atoms with van der Waals surface area (Å²) in [5.41, 5.74) is 1.65. The predicted octanol–water partition coefficient (Wildman–Crippen LogP) is 3.27. The average Bonchev–Trinajstić information content (AvgIpc) is 3.14. The highest BCUT2D eigenvalue weighted by Gasteiger charge is 2.19. The van der Waals surface area contributed by atoms with Crippen LogP contribution in [0.3, 0.4) is 0 Å². The van der Waals surface area contributed by atoms with E-state index < -0.39 is 0 Å². The first-order valence-electron chi connectivity index (χ1n) is 7.20. The fourth-order valence-corrected chi connectivity index (χ4v) is 2.10. The molecular formula is C16H19ClN4O2. The van der Waals surface area contributed by atoms with Crippen molar-refractivity contribution in [3.05, 3.63) is 41.9 Å². The summed E-state index contributed by atoms with van der Waals surface area (Å²) in [5, 5.41) is 7.13. The van der Waals surface area contributed by atoms with Gasteiger partial charge in [-0.2, -0.15) is 4.98 Å². The largest absolute Gasteiger partial charge is 0.431 e. The Morgan fingerprint density at radius 1 is 1.13 bits per heavy atom. The average molecular weight is 335 g/mol. The smallest absolute Gasteiger partial charge is 0.295 e. The van der Waals surface area contributed by atoms with E-state index in [2.05, 4.69) is 27.4 Å². The van der Waals surface area contributed by atoms with Crippen molar-refractivity contribution in [3.8, 4) is 23.1 Å². The number of nitrogens with zero attached hydrogens (tertiary/aromatic N) is 3. The highest BCUT2D eigenvalue weighted by molar-refractivity contribution is 5.85. The molecule has 0 aliphatic heterocycles. The molecule has 122 valence electrons. The highest BCUT2D eigenvalue weighted by atomic mass is 35.5. The van der Waals surface area contributed by atoms with Crippen molar-refractivity contribution in [1.82, 2.24) is 20.4 Å². The number of rotatable bonds is 5. The summed E-state index contributed by atoms with van der Waals surface area (Å²) in [5.74, 6) is 2.09. The molecule has 0 radical (unpaired) electrons. The first-order valence-corrected chi connectivity index (χ1v) is 7.20. The summed E-state index contributed by atoms with van der Waals surface area (Å²) in [7, 11) is 1.90. The molecule has 23 heavy (non-hydrogen) atoms. The lowest BCUT2D eigenvalue weighted by Crippen LogP contribution is -2.24. The zero-order valence-electron chi connectivity index (χ0n) is 13.2. The number of oxazole rings is 1. The van der Waals surface area contributed by atoms with E-state index in [0.717, 1.165) is 11.3 Å². The Kier molecular flexibility index (Phi) is 5.52. The van der Waals surface area contributed by atoms with Gasteiger partial charge in [0, 0.05) is 18.0 Å². The minimum Gasteiger partial charge on any atom is -0.431 e. The fourth-order valence-electron chi connectivity index (χ4n) is 2.10. The zero-order chi connectivity index (χ0) is 15.5. The first kappa shape index (κ1) is 17.2. The Labute approximate surface area is 140 Å². The first-order chi connectivity index (χ1) is 10.7. The van der Waals surface area contributed by atoms with E-state index in [-0.39, 0.29) is 18.4 Å². The Morgan fingerprint density at radius 3 is 2.57 bits per heavy atom. The van der Waals surface area contributed by atoms with Crippen LogP contribution in [0.5, 0.6) is 0 Å². The maximum atomic E-state index is 5.81. The van der Waals surface area contributed by atoms with Crippen LogP contribution in [-0.4, -0.2) is 28.2 Å². The number of hydrogen-bond donors (Lipinski definition) is 1. The van der Waals surface area contributed by atoms with Crippen molar-refractivity contribution in [2.24, 2.45) is 0 Å². The standard InChI is InChI=1S/C16H18N4O2.ClH/c1-10(17-3)9-13-19-16(22-20-13)14-11(2)18-15(21-14)12-7-5-4-6-8-12;/h4-8,10,17H,9H2,1-3H3;1H. The molecule has 0 aliphatic carbocycles. The number of nitrogens with one attached hydrogen (secondary N) is 1. The van der Waals surface area contributed by atoms with Gasteiger partial charge in [-0.1, -0.05) is 23.4 Å². The van der Waals surface area contributed by atoms with Crippen molar-refractivity contribution in [2.45, 2.75) is 26.3 Å². The van der Waals surface area contributed by atoms with E-state index in [0.29, 0.717) is 29.8 Å². The summed E-state index contributed by atoms with van der Waals surface area (Å²) < 4.78 is 11.1. The number of benzene rings is 1. The third-order valence-electron chi connectivity index (χ3n) is 3.46. The van der Waals surface area contributed by atoms with E-state index in [9.17, 15) is 0 Å². The molecule has 0 spiro atoms. The van der Waals surface area contributed by atoms with Crippen LogP contribution < -0.4 is 5.32 Å². The minimum absolute atomic E-state index is 0. The molecule has 0 saturated carbocycles. The van der Waals surface area contributed by atoms with Crippen LogP contribution in [0.4, 0.5) is 0 Å². The molecular weight excluding hydrogens is 316 g/mol. The topological polar surface area (TPSA) is 77.0 Å². The predicted molar refractivity (Wildman–Crippen MR) is 89.4 cm³/mol. The third-order valence-corrected chi connectivity index (χ3v) is 3.46. The van der Waals surface area contributed by atoms with E-state index in [1.54, 1.807) is 0 Å². The summed E-state index contributed by atoms with van der Waals surface area (Å²) in [4.78, 5) is 8.82. The van der Waals surface area contributed by atoms with Gasteiger partial charge in [-0.15, -0.1) is 12.4 Å². The quantitative estimate of drug-likeness (QED) is 0.771. The van der Waals surface area contributed by atoms with Gasteiger partial charge in [0.25, 0.3) is 5.89 Å². The maximum Gasteiger partial charge on any atom is 0.295 e. The number of aryl methyl sites for hydroxylation is 1. The van der Waals surface area contributed by atoms with Gasteiger partial charge in [-0.25, -0.2) is 4.98 Å². The zero-order valence-corrected chi connectivity index (χ0v) is 14.1. The molecule has 3 rings (SSSR count). The molecule has 1 aromatic carbocycles. The second-order valence-electron chi connectivity index (χ2n) is 5.21. The fraction of sp³-hybridized carbons (Fsp3) is 0.312. The van der Waals surface area contributed by atoms with Crippen molar-refractivity contribution in [3.63, 3.8) is 0 Å². The lowest BCUT2D eigenvalue weighted by molar-refractivity contribution is 0.406. The third kappa shape index (κ3) is 3.78. The summed E-state index contributed by atoms with van der Waals surface area (Å²) in [6.07, 6.45) is 0.693. The SMILES string of the molecule is CNC(C)Cc1noc(-c2oc(-c3ccccc3)nc2C)n1.Cl. The van der Waals surface area contributed by atoms with Crippen LogP contribution in [0.25, 0.3) is 23.1 Å². The van der Waals surface area contributed by atoms with Gasteiger partial charge in [0.2, 0.25) is 11.7 Å². The van der Waals surface area contributed by atoms with Crippen molar-refractivity contribution >= 4 is 12.4 Å². The van der Waals surface area contributed by atoms with Gasteiger partial charge < -0.3 is 14.3 Å². The van der Waals surface area contributed by atoms with Crippen LogP contribution in [-0.2, 0) is 6.42 Å². The summed E-state index contributed by atoms with van der Waals surface area (Å²) in [6, 6.07) is 10.0. The number of hydrogen-bond acceptors (Lipinski definition) is 6. The van der Waals surface area contributed by atoms with Crippen LogP contribution in [0.1, 0.15) is 18.4 Å². The molecule has 0 saturated heterocycles. The molecule has 1 unspecified atom stereocenters. The van der Waals surface area contributed by atoms with Crippen molar-refractivity contribution in [2.75, 3.05) is 7.05 Å². The van der Waals surface area contributed by atoms with Crippen LogP contribution >= 0.6 is 12.4 Å². The van der Waals surface area contributed by atoms with Gasteiger partial charge in [-0.05, 0) is 33.0 Å². The Balaban J connectivity index is 0.00000192. The van der Waals surface area contributed by atoms with E-state index in [1.807, 2.05) is 44.3 Å². The summed E-state index contributed by atoms with van der Waals surface area (Å²) >= 11 is 0. The van der Waals surface area contributed by atoms with E-state index in [4.69, 9.17) is 8.94 Å². The second-order valence-corrected chi connectivity index (χ2v) is 5.21. The molecule has 7 heteroatoms. The number of halogens is 1. The van der Waals surface area contributed by atoms with E-state index in [1.165, 1.54) is 0 Å². The van der Waals surface area contributed by atoms with Crippen LogP contribution in [0.2, 0.25) is 0 Å². The van der Waals surface area contributed by atoms with Gasteiger partial charge >= 0.3 is 0 Å². The lowest BCUT2D eigenvalue weighted by atomic mass is 10.2. The molecule has 3 aromatic rings. The molecule has 0 bridgehead atoms. The van der Waals surface area contributed by atoms with E-state index >= 15 is 0 Å². The van der Waals surface area contributed by atoms with Gasteiger partial charge in [0.15, 0.2) is 5.82 Å². The summed E-state index contributed by atoms with van der Waals surface area (Å²) in [6.45, 7) is 3.93. The molecule has 2 aromatic heterocycles. The van der Waals surface area contributed by atoms with Gasteiger partial charge in [-0.3, -0.25) is 0 Å². The Morgan fingerprint density at radius 2 is 1.87 bits per heavy atom. The van der Waals surface area contributed by atoms with Gasteiger partial charge in [0.1, 0.15) is 0 Å². The second kappa shape index (κ2) is 7.39. The number of aromatic nitrogens is 3. The van der Waals surface area contributed by atoms with Crippen LogP contribution in [0.15, 0.2) is 39.3 Å². The molecule has 0 amide bonds.